The number of hydrogen-bond acceptors (Lipinski definition) is 3. The van der Waals surface area contributed by atoms with E-state index >= 15 is 0 Å². The number of fused-ring (bicyclic) bond motifs is 1. The minimum Gasteiger partial charge on any atom is -0.392 e. The Hall–Kier alpha value is -1.84. The van der Waals surface area contributed by atoms with Gasteiger partial charge in [0.1, 0.15) is 0 Å². The molecule has 2 nitrogen and oxygen atoms in total. The number of aliphatic hydroxyl groups excluding tert-OH is 1. The van der Waals surface area contributed by atoms with E-state index in [0.717, 1.165) is 11.3 Å². The van der Waals surface area contributed by atoms with Crippen LogP contribution in [-0.4, -0.2) is 5.11 Å². The molecule has 0 bridgehead atoms. The summed E-state index contributed by atoms with van der Waals surface area (Å²) in [5, 5.41) is 14.0. The molecule has 2 aromatic carbocycles. The van der Waals surface area contributed by atoms with E-state index in [4.69, 9.17) is 0 Å². The third-order valence-electron chi connectivity index (χ3n) is 3.36. The molecule has 3 heteroatoms. The molecule has 20 heavy (non-hydrogen) atoms. The second kappa shape index (κ2) is 5.65. The van der Waals surface area contributed by atoms with Gasteiger partial charge in [0.05, 0.1) is 12.6 Å². The Balaban J connectivity index is 1.82. The Morgan fingerprint density at radius 1 is 1.10 bits per heavy atom. The summed E-state index contributed by atoms with van der Waals surface area (Å²) in [5.74, 6) is 0. The van der Waals surface area contributed by atoms with E-state index in [0.29, 0.717) is 0 Å². The smallest absolute Gasteiger partial charge is 0.0682 e. The molecule has 0 amide bonds. The first kappa shape index (κ1) is 13.2. The molecule has 1 atom stereocenters. The van der Waals surface area contributed by atoms with Gasteiger partial charge in [0.2, 0.25) is 0 Å². The van der Waals surface area contributed by atoms with Crippen molar-refractivity contribution in [2.45, 2.75) is 19.6 Å². The number of aliphatic hydroxyl groups is 1. The van der Waals surface area contributed by atoms with Crippen LogP contribution in [0.3, 0.4) is 0 Å². The summed E-state index contributed by atoms with van der Waals surface area (Å²) in [6.07, 6.45) is 0. The van der Waals surface area contributed by atoms with Crippen LogP contribution in [0.25, 0.3) is 10.1 Å². The summed E-state index contributed by atoms with van der Waals surface area (Å²) in [6.45, 7) is 2.24. The second-order valence-electron chi connectivity index (χ2n) is 4.91. The maximum atomic E-state index is 9.18. The maximum absolute atomic E-state index is 9.18. The average Bonchev–Trinajstić information content (AvgIpc) is 2.91. The van der Waals surface area contributed by atoms with Gasteiger partial charge in [0.15, 0.2) is 0 Å². The molecule has 0 radical (unpaired) electrons. The molecule has 1 aromatic heterocycles. The van der Waals surface area contributed by atoms with Crippen molar-refractivity contribution >= 4 is 27.1 Å². The van der Waals surface area contributed by atoms with Crippen molar-refractivity contribution in [3.8, 4) is 0 Å². The molecular weight excluding hydrogens is 266 g/mol. The topological polar surface area (TPSA) is 32.3 Å². The van der Waals surface area contributed by atoms with Gasteiger partial charge in [-0.2, -0.15) is 0 Å². The average molecular weight is 283 g/mol. The van der Waals surface area contributed by atoms with Gasteiger partial charge in [0, 0.05) is 15.3 Å². The zero-order valence-electron chi connectivity index (χ0n) is 11.3. The van der Waals surface area contributed by atoms with E-state index in [1.54, 1.807) is 0 Å². The van der Waals surface area contributed by atoms with E-state index < -0.39 is 0 Å². The van der Waals surface area contributed by atoms with Gasteiger partial charge in [-0.3, -0.25) is 0 Å². The van der Waals surface area contributed by atoms with Crippen LogP contribution in [0, 0.1) is 0 Å². The number of nitrogens with one attached hydrogen (secondary N) is 1. The molecule has 0 aliphatic carbocycles. The molecule has 1 heterocycles. The van der Waals surface area contributed by atoms with Crippen molar-refractivity contribution in [1.82, 2.24) is 0 Å². The van der Waals surface area contributed by atoms with Crippen LogP contribution in [0.4, 0.5) is 5.69 Å². The molecule has 1 unspecified atom stereocenters. The van der Waals surface area contributed by atoms with Crippen molar-refractivity contribution in [2.75, 3.05) is 5.32 Å². The predicted octanol–water partition coefficient (Wildman–Crippen LogP) is 4.57. The third-order valence-corrected chi connectivity index (χ3v) is 4.66. The molecule has 3 rings (SSSR count). The quantitative estimate of drug-likeness (QED) is 0.735. The largest absolute Gasteiger partial charge is 0.392 e. The molecule has 0 saturated carbocycles. The minimum atomic E-state index is 0.0762. The monoisotopic (exact) mass is 283 g/mol. The first-order valence-corrected chi connectivity index (χ1v) is 7.53. The molecular formula is C17H17NOS. The van der Waals surface area contributed by atoms with Gasteiger partial charge in [-0.15, -0.1) is 11.3 Å². The van der Waals surface area contributed by atoms with Gasteiger partial charge < -0.3 is 10.4 Å². The number of benzene rings is 2. The molecule has 0 fully saturated rings. The van der Waals surface area contributed by atoms with Gasteiger partial charge >= 0.3 is 0 Å². The lowest BCUT2D eigenvalue weighted by molar-refractivity contribution is 0.282. The van der Waals surface area contributed by atoms with Crippen molar-refractivity contribution in [2.24, 2.45) is 0 Å². The highest BCUT2D eigenvalue weighted by Gasteiger charge is 2.09. The van der Waals surface area contributed by atoms with E-state index in [9.17, 15) is 5.11 Å². The summed E-state index contributed by atoms with van der Waals surface area (Å²) in [6, 6.07) is 18.9. The van der Waals surface area contributed by atoms with E-state index in [2.05, 4.69) is 42.6 Å². The number of hydrogen-bond donors (Lipinski definition) is 2. The van der Waals surface area contributed by atoms with Gasteiger partial charge in [-0.1, -0.05) is 30.3 Å². The summed E-state index contributed by atoms with van der Waals surface area (Å²) >= 11 is 1.82. The number of anilines is 1. The predicted molar refractivity (Wildman–Crippen MR) is 86.2 cm³/mol. The standard InChI is InChI=1S/C17H17NOS/c1-12(18-15-7-4-5-13(9-15)11-19)17-10-14-6-2-3-8-16(14)20-17/h2-10,12,18-19H,11H2,1H3. The van der Waals surface area contributed by atoms with Crippen LogP contribution >= 0.6 is 11.3 Å². The zero-order chi connectivity index (χ0) is 13.9. The summed E-state index contributed by atoms with van der Waals surface area (Å²) in [7, 11) is 0. The van der Waals surface area contributed by atoms with E-state index in [1.807, 2.05) is 35.6 Å². The third kappa shape index (κ3) is 2.69. The van der Waals surface area contributed by atoms with Gasteiger partial charge in [-0.05, 0) is 42.1 Å². The Bertz CT molecular complexity index is 687. The lowest BCUT2D eigenvalue weighted by Crippen LogP contribution is -2.04. The van der Waals surface area contributed by atoms with Crippen LogP contribution in [-0.2, 0) is 6.61 Å². The van der Waals surface area contributed by atoms with Crippen molar-refractivity contribution in [3.63, 3.8) is 0 Å². The number of thiophene rings is 1. The van der Waals surface area contributed by atoms with Crippen molar-refractivity contribution in [3.05, 3.63) is 65.0 Å². The fourth-order valence-corrected chi connectivity index (χ4v) is 3.36. The molecule has 0 saturated heterocycles. The summed E-state index contributed by atoms with van der Waals surface area (Å²) < 4.78 is 1.32. The minimum absolute atomic E-state index is 0.0762. The van der Waals surface area contributed by atoms with Crippen molar-refractivity contribution in [1.29, 1.82) is 0 Å². The fourth-order valence-electron chi connectivity index (χ4n) is 2.30. The molecule has 0 aliphatic heterocycles. The Morgan fingerprint density at radius 2 is 1.95 bits per heavy atom. The van der Waals surface area contributed by atoms with E-state index in [-0.39, 0.29) is 12.6 Å². The summed E-state index contributed by atoms with van der Waals surface area (Å²) in [5.41, 5.74) is 1.97. The lowest BCUT2D eigenvalue weighted by Gasteiger charge is -2.14. The lowest BCUT2D eigenvalue weighted by atomic mass is 10.2. The first-order chi connectivity index (χ1) is 9.76. The Labute approximate surface area is 122 Å². The molecule has 0 spiro atoms. The van der Waals surface area contributed by atoms with Crippen molar-refractivity contribution < 1.29 is 5.11 Å². The Kier molecular flexibility index (Phi) is 3.72. The van der Waals surface area contributed by atoms with Crippen LogP contribution in [0.2, 0.25) is 0 Å². The summed E-state index contributed by atoms with van der Waals surface area (Å²) in [4.78, 5) is 1.32. The van der Waals surface area contributed by atoms with Crippen LogP contribution < -0.4 is 5.32 Å². The maximum Gasteiger partial charge on any atom is 0.0682 e. The highest BCUT2D eigenvalue weighted by Crippen LogP contribution is 2.31. The van der Waals surface area contributed by atoms with Gasteiger partial charge in [0.25, 0.3) is 0 Å². The van der Waals surface area contributed by atoms with Crippen LogP contribution in [0.15, 0.2) is 54.6 Å². The highest BCUT2D eigenvalue weighted by molar-refractivity contribution is 7.19. The van der Waals surface area contributed by atoms with Gasteiger partial charge in [-0.25, -0.2) is 0 Å². The molecule has 0 aliphatic rings. The molecule has 2 N–H and O–H groups in total. The fraction of sp³-hybridized carbons (Fsp3) is 0.176. The number of rotatable bonds is 4. The normalized spacial score (nSPS) is 12.5. The van der Waals surface area contributed by atoms with Crippen LogP contribution in [0.1, 0.15) is 23.4 Å². The zero-order valence-corrected chi connectivity index (χ0v) is 12.2. The van der Waals surface area contributed by atoms with Crippen LogP contribution in [0.5, 0.6) is 0 Å². The molecule has 102 valence electrons. The first-order valence-electron chi connectivity index (χ1n) is 6.71. The molecule has 3 aromatic rings. The van der Waals surface area contributed by atoms with E-state index in [1.165, 1.54) is 15.0 Å². The highest BCUT2D eigenvalue weighted by atomic mass is 32.1. The Morgan fingerprint density at radius 3 is 2.75 bits per heavy atom. The second-order valence-corrected chi connectivity index (χ2v) is 6.03. The SMILES string of the molecule is CC(Nc1cccc(CO)c1)c1cc2ccccc2s1.